The van der Waals surface area contributed by atoms with Crippen molar-refractivity contribution in [3.63, 3.8) is 0 Å². The molecule has 0 spiro atoms. The van der Waals surface area contributed by atoms with Gasteiger partial charge < -0.3 is 10.0 Å². The Bertz CT molecular complexity index is 835. The Balaban J connectivity index is 1.76. The topological polar surface area (TPSA) is 49.2 Å². The summed E-state index contributed by atoms with van der Waals surface area (Å²) in [5, 5.41) is 12.7. The Morgan fingerprint density at radius 1 is 1.17 bits per heavy atom. The van der Waals surface area contributed by atoms with E-state index in [0.29, 0.717) is 12.5 Å². The Kier molecular flexibility index (Phi) is 4.21. The van der Waals surface area contributed by atoms with E-state index >= 15 is 0 Å². The van der Waals surface area contributed by atoms with E-state index in [1.165, 1.54) is 16.7 Å². The average molecular weight is 339 g/mol. The third-order valence-electron chi connectivity index (χ3n) is 4.89. The molecule has 5 heteroatoms. The number of aliphatic hydroxyl groups is 1. The van der Waals surface area contributed by atoms with Crippen LogP contribution in [0.3, 0.4) is 0 Å². The minimum atomic E-state index is 0.292. The van der Waals surface area contributed by atoms with Gasteiger partial charge in [-0.2, -0.15) is 0 Å². The molecule has 1 aliphatic heterocycles. The maximum Gasteiger partial charge on any atom is 0.141 e. The molecule has 3 aromatic rings. The highest BCUT2D eigenvalue weighted by molar-refractivity contribution is 7.17. The zero-order chi connectivity index (χ0) is 16.5. The Morgan fingerprint density at radius 3 is 2.62 bits per heavy atom. The largest absolute Gasteiger partial charge is 0.396 e. The molecule has 0 aliphatic carbocycles. The molecular formula is C19H21N3OS. The van der Waals surface area contributed by atoms with Crippen molar-refractivity contribution in [2.24, 2.45) is 5.92 Å². The lowest BCUT2D eigenvalue weighted by Gasteiger charge is -2.32. The highest BCUT2D eigenvalue weighted by Crippen LogP contribution is 2.38. The van der Waals surface area contributed by atoms with Crippen LogP contribution in [0.25, 0.3) is 21.3 Å². The third-order valence-corrected chi connectivity index (χ3v) is 5.77. The van der Waals surface area contributed by atoms with Crippen molar-refractivity contribution in [3.05, 3.63) is 41.5 Å². The number of nitrogens with zero attached hydrogens (tertiary/aromatic N) is 3. The summed E-state index contributed by atoms with van der Waals surface area (Å²) in [6, 6.07) is 8.64. The second kappa shape index (κ2) is 6.49. The summed E-state index contributed by atoms with van der Waals surface area (Å²) in [5.74, 6) is 1.46. The van der Waals surface area contributed by atoms with Crippen molar-refractivity contribution in [1.29, 1.82) is 0 Å². The molecule has 4 rings (SSSR count). The number of anilines is 1. The van der Waals surface area contributed by atoms with E-state index in [-0.39, 0.29) is 0 Å². The van der Waals surface area contributed by atoms with Crippen LogP contribution >= 0.6 is 11.3 Å². The van der Waals surface area contributed by atoms with Crippen molar-refractivity contribution < 1.29 is 5.11 Å². The maximum atomic E-state index is 9.36. The SMILES string of the molecule is Cc1ccc(-c2csc3ncnc(N4CCC(CO)CC4)c23)cc1. The molecule has 2 aromatic heterocycles. The van der Waals surface area contributed by atoms with Gasteiger partial charge in [-0.3, -0.25) is 0 Å². The lowest BCUT2D eigenvalue weighted by atomic mass is 9.97. The summed E-state index contributed by atoms with van der Waals surface area (Å²) in [5.41, 5.74) is 3.70. The van der Waals surface area contributed by atoms with E-state index in [1.54, 1.807) is 17.7 Å². The van der Waals surface area contributed by atoms with Gasteiger partial charge in [0.25, 0.3) is 0 Å². The van der Waals surface area contributed by atoms with Crippen LogP contribution < -0.4 is 4.90 Å². The van der Waals surface area contributed by atoms with Gasteiger partial charge in [0, 0.05) is 30.6 Å². The minimum absolute atomic E-state index is 0.292. The number of thiophene rings is 1. The molecule has 0 unspecified atom stereocenters. The molecule has 1 aromatic carbocycles. The molecular weight excluding hydrogens is 318 g/mol. The van der Waals surface area contributed by atoms with Crippen molar-refractivity contribution >= 4 is 27.4 Å². The molecule has 1 saturated heterocycles. The quantitative estimate of drug-likeness (QED) is 0.787. The van der Waals surface area contributed by atoms with Crippen molar-refractivity contribution in [1.82, 2.24) is 9.97 Å². The van der Waals surface area contributed by atoms with E-state index in [9.17, 15) is 5.11 Å². The fraction of sp³-hybridized carbons (Fsp3) is 0.368. The molecule has 0 radical (unpaired) electrons. The normalized spacial score (nSPS) is 16.0. The number of aromatic nitrogens is 2. The number of aliphatic hydroxyl groups excluding tert-OH is 1. The predicted octanol–water partition coefficient (Wildman–Crippen LogP) is 3.88. The fourth-order valence-corrected chi connectivity index (χ4v) is 4.28. The number of benzene rings is 1. The first-order valence-corrected chi connectivity index (χ1v) is 9.29. The third kappa shape index (κ3) is 2.78. The van der Waals surface area contributed by atoms with E-state index in [2.05, 4.69) is 51.4 Å². The maximum absolute atomic E-state index is 9.36. The zero-order valence-corrected chi connectivity index (χ0v) is 14.6. The van der Waals surface area contributed by atoms with E-state index < -0.39 is 0 Å². The number of aryl methyl sites for hydroxylation is 1. The molecule has 1 N–H and O–H groups in total. The van der Waals surface area contributed by atoms with Gasteiger partial charge in [0.15, 0.2) is 0 Å². The molecule has 1 aliphatic rings. The minimum Gasteiger partial charge on any atom is -0.396 e. The monoisotopic (exact) mass is 339 g/mol. The Labute approximate surface area is 145 Å². The molecule has 0 atom stereocenters. The van der Waals surface area contributed by atoms with Crippen molar-refractivity contribution in [2.75, 3.05) is 24.6 Å². The summed E-state index contributed by atoms with van der Waals surface area (Å²) < 4.78 is 0. The molecule has 0 amide bonds. The zero-order valence-electron chi connectivity index (χ0n) is 13.8. The van der Waals surface area contributed by atoms with Crippen LogP contribution in [0.5, 0.6) is 0 Å². The van der Waals surface area contributed by atoms with Crippen LogP contribution in [0.1, 0.15) is 18.4 Å². The smallest absolute Gasteiger partial charge is 0.141 e. The highest BCUT2D eigenvalue weighted by Gasteiger charge is 2.23. The van der Waals surface area contributed by atoms with Crippen LogP contribution in [0.4, 0.5) is 5.82 Å². The average Bonchev–Trinajstić information content (AvgIpc) is 3.07. The summed E-state index contributed by atoms with van der Waals surface area (Å²) in [7, 11) is 0. The molecule has 1 fully saturated rings. The van der Waals surface area contributed by atoms with Gasteiger partial charge in [-0.15, -0.1) is 11.3 Å². The van der Waals surface area contributed by atoms with Crippen LogP contribution in [0.2, 0.25) is 0 Å². The number of fused-ring (bicyclic) bond motifs is 1. The first-order valence-electron chi connectivity index (χ1n) is 8.41. The number of rotatable bonds is 3. The van der Waals surface area contributed by atoms with E-state index in [0.717, 1.165) is 42.0 Å². The van der Waals surface area contributed by atoms with Gasteiger partial charge in [-0.1, -0.05) is 29.8 Å². The first kappa shape index (κ1) is 15.5. The van der Waals surface area contributed by atoms with Crippen molar-refractivity contribution in [3.8, 4) is 11.1 Å². The molecule has 24 heavy (non-hydrogen) atoms. The second-order valence-corrected chi connectivity index (χ2v) is 7.36. The molecule has 3 heterocycles. The van der Waals surface area contributed by atoms with E-state index in [1.807, 2.05) is 0 Å². The molecule has 0 saturated carbocycles. The standard InChI is InChI=1S/C19H21N3OS/c1-13-2-4-15(5-3-13)16-11-24-19-17(16)18(20-12-21-19)22-8-6-14(10-23)7-9-22/h2-5,11-12,14,23H,6-10H2,1H3. The van der Waals surface area contributed by atoms with Crippen LogP contribution in [-0.4, -0.2) is 34.8 Å². The number of piperidine rings is 1. The fourth-order valence-electron chi connectivity index (χ4n) is 3.37. The second-order valence-electron chi connectivity index (χ2n) is 6.51. The van der Waals surface area contributed by atoms with Crippen molar-refractivity contribution in [2.45, 2.75) is 19.8 Å². The summed E-state index contributed by atoms with van der Waals surface area (Å²) >= 11 is 1.68. The molecule has 4 nitrogen and oxygen atoms in total. The lowest BCUT2D eigenvalue weighted by Crippen LogP contribution is -2.35. The van der Waals surface area contributed by atoms with E-state index in [4.69, 9.17) is 0 Å². The van der Waals surface area contributed by atoms with Gasteiger partial charge in [-0.05, 0) is 31.2 Å². The van der Waals surface area contributed by atoms with Gasteiger partial charge in [0.1, 0.15) is 17.0 Å². The van der Waals surface area contributed by atoms with Crippen LogP contribution in [-0.2, 0) is 0 Å². The molecule has 0 bridgehead atoms. The van der Waals surface area contributed by atoms with Gasteiger partial charge in [0.05, 0.1) is 5.39 Å². The summed E-state index contributed by atoms with van der Waals surface area (Å²) in [6.07, 6.45) is 3.71. The Morgan fingerprint density at radius 2 is 1.92 bits per heavy atom. The van der Waals surface area contributed by atoms with Gasteiger partial charge in [-0.25, -0.2) is 9.97 Å². The number of hydrogen-bond acceptors (Lipinski definition) is 5. The van der Waals surface area contributed by atoms with Crippen LogP contribution in [0, 0.1) is 12.8 Å². The number of hydrogen-bond donors (Lipinski definition) is 1. The van der Waals surface area contributed by atoms with Gasteiger partial charge >= 0.3 is 0 Å². The summed E-state index contributed by atoms with van der Waals surface area (Å²) in [6.45, 7) is 4.29. The van der Waals surface area contributed by atoms with Crippen LogP contribution in [0.15, 0.2) is 36.0 Å². The van der Waals surface area contributed by atoms with Gasteiger partial charge in [0.2, 0.25) is 0 Å². The molecule has 124 valence electrons. The summed E-state index contributed by atoms with van der Waals surface area (Å²) in [4.78, 5) is 12.5. The highest BCUT2D eigenvalue weighted by atomic mass is 32.1. The lowest BCUT2D eigenvalue weighted by molar-refractivity contribution is 0.203. The first-order chi connectivity index (χ1) is 11.8. The Hall–Kier alpha value is -1.98. The predicted molar refractivity (Wildman–Crippen MR) is 99.6 cm³/mol.